The molecule has 0 aromatic heterocycles. The van der Waals surface area contributed by atoms with Crippen LogP contribution in [0.15, 0.2) is 48.5 Å². The van der Waals surface area contributed by atoms with Gasteiger partial charge in [0.05, 0.1) is 44.5 Å². The van der Waals surface area contributed by atoms with Gasteiger partial charge in [0.1, 0.15) is 23.0 Å². The summed E-state index contributed by atoms with van der Waals surface area (Å²) in [5.74, 6) is -3.77. The molecular weight excluding hydrogens is 862 g/mol. The third-order valence-corrected chi connectivity index (χ3v) is 9.64. The average Bonchev–Trinajstić information content (AvgIpc) is 3.18. The predicted molar refractivity (Wildman–Crippen MR) is 243 cm³/mol. The van der Waals surface area contributed by atoms with Crippen LogP contribution in [-0.2, 0) is 0 Å². The summed E-state index contributed by atoms with van der Waals surface area (Å²) in [5, 5.41) is 67.5. The molecule has 0 saturated heterocycles. The van der Waals surface area contributed by atoms with E-state index in [1.165, 1.54) is 24.3 Å². The summed E-state index contributed by atoms with van der Waals surface area (Å²) in [4.78, 5) is 54.8. The van der Waals surface area contributed by atoms with Crippen LogP contribution < -0.4 is 42.5 Å². The second-order valence-electron chi connectivity index (χ2n) is 13.3. The van der Waals surface area contributed by atoms with Gasteiger partial charge in [-0.25, -0.2) is 0 Å². The van der Waals surface area contributed by atoms with Gasteiger partial charge in [-0.15, -0.1) is 49.6 Å². The normalized spacial score (nSPS) is 12.0. The van der Waals surface area contributed by atoms with E-state index in [2.05, 4.69) is 42.5 Å². The van der Waals surface area contributed by atoms with Gasteiger partial charge in [-0.3, -0.25) is 19.2 Å². The van der Waals surface area contributed by atoms with Crippen molar-refractivity contribution in [2.75, 3.05) is 101 Å². The monoisotopic (exact) mass is 910 g/mol. The number of likely N-dealkylation sites (N-methyl/N-ethyl adjacent to an activating group) is 2. The minimum atomic E-state index is -0.565. The molecule has 2 aliphatic rings. The average molecular weight is 913 g/mol. The minimum absolute atomic E-state index is 0. The summed E-state index contributed by atoms with van der Waals surface area (Å²) in [5.41, 5.74) is 1.37. The van der Waals surface area contributed by atoms with Crippen LogP contribution >= 0.6 is 49.6 Å². The van der Waals surface area contributed by atoms with Gasteiger partial charge < -0.3 is 63.0 Å². The zero-order valence-electron chi connectivity index (χ0n) is 32.7. The second kappa shape index (κ2) is 23.1. The summed E-state index contributed by atoms with van der Waals surface area (Å²) in [6.07, 6.45) is 0. The number of hydrogen-bond donors (Lipinski definition) is 12. The molecule has 4 aromatic carbocycles. The Balaban J connectivity index is 0.00000310. The van der Waals surface area contributed by atoms with Crippen LogP contribution in [0, 0.1) is 0 Å². The molecule has 0 amide bonds. The molecule has 0 unspecified atom stereocenters. The molecule has 4 aromatic rings. The van der Waals surface area contributed by atoms with E-state index < -0.39 is 23.1 Å². The number of rotatable bonds is 19. The Kier molecular flexibility index (Phi) is 19.7. The number of halogens is 4. The molecule has 0 radical (unpaired) electrons. The van der Waals surface area contributed by atoms with Crippen molar-refractivity contribution in [1.29, 1.82) is 0 Å². The first kappa shape index (κ1) is 51.1. The van der Waals surface area contributed by atoms with Crippen molar-refractivity contribution in [1.82, 2.24) is 21.3 Å². The van der Waals surface area contributed by atoms with Gasteiger partial charge in [-0.05, 0) is 62.6 Å². The lowest BCUT2D eigenvalue weighted by atomic mass is 9.81. The van der Waals surface area contributed by atoms with E-state index in [4.69, 9.17) is 0 Å². The first-order valence-corrected chi connectivity index (χ1v) is 18.4. The fourth-order valence-electron chi connectivity index (χ4n) is 6.96. The molecule has 0 heterocycles. The number of phenols is 4. The molecule has 2 aliphatic carbocycles. The Morgan fingerprint density at radius 1 is 0.333 bits per heavy atom. The molecule has 60 heavy (non-hydrogen) atoms. The smallest absolute Gasteiger partial charge is 0.200 e. The Morgan fingerprint density at radius 2 is 0.550 bits per heavy atom. The Bertz CT molecular complexity index is 2060. The molecule has 0 atom stereocenters. The number of aromatic hydroxyl groups is 4. The first-order valence-electron chi connectivity index (χ1n) is 18.4. The minimum Gasteiger partial charge on any atom is -0.507 e. The maximum absolute atomic E-state index is 13.7. The van der Waals surface area contributed by atoms with E-state index in [1.807, 2.05) is 0 Å². The van der Waals surface area contributed by atoms with Crippen LogP contribution in [0.5, 0.6) is 23.0 Å². The molecule has 326 valence electrons. The largest absolute Gasteiger partial charge is 0.507 e. The number of nitrogens with one attached hydrogen (secondary N) is 8. The number of phenolic OH excluding ortho intramolecular Hbond substituents is 4. The highest BCUT2D eigenvalue weighted by molar-refractivity contribution is 6.34. The molecule has 20 heteroatoms. The molecule has 0 fully saturated rings. The van der Waals surface area contributed by atoms with Crippen LogP contribution in [0.4, 0.5) is 22.7 Å². The molecule has 0 bridgehead atoms. The van der Waals surface area contributed by atoms with E-state index in [-0.39, 0.29) is 117 Å². The number of anilines is 4. The van der Waals surface area contributed by atoms with E-state index >= 15 is 0 Å². The van der Waals surface area contributed by atoms with Crippen molar-refractivity contribution in [2.24, 2.45) is 0 Å². The van der Waals surface area contributed by atoms with Gasteiger partial charge in [-0.2, -0.15) is 0 Å². The SMILES string of the molecule is CNCCNc1ccc(NCCNCCNCCNc2ccc(NCCNC)c3c2C(=O)c2c(O)ccc(O)c2C3=O)c2c1C(=O)c1c(O)ccc(O)c1C2=O.Cl.Cl.Cl.Cl. The van der Waals surface area contributed by atoms with Crippen LogP contribution in [0.2, 0.25) is 0 Å². The topological polar surface area (TPSA) is 245 Å². The maximum atomic E-state index is 13.7. The molecule has 16 nitrogen and oxygen atoms in total. The summed E-state index contributed by atoms with van der Waals surface area (Å²) in [6.45, 7) is 5.25. The van der Waals surface area contributed by atoms with E-state index in [1.54, 1.807) is 38.4 Å². The van der Waals surface area contributed by atoms with Crippen molar-refractivity contribution >= 4 is 95.5 Å². The highest BCUT2D eigenvalue weighted by atomic mass is 35.5. The zero-order valence-corrected chi connectivity index (χ0v) is 36.0. The summed E-state index contributed by atoms with van der Waals surface area (Å²) >= 11 is 0. The van der Waals surface area contributed by atoms with Gasteiger partial charge in [0.15, 0.2) is 0 Å². The van der Waals surface area contributed by atoms with Crippen molar-refractivity contribution in [3.05, 3.63) is 93.0 Å². The van der Waals surface area contributed by atoms with Gasteiger partial charge in [-0.1, -0.05) is 0 Å². The molecular formula is C40H50Cl4N8O8. The highest BCUT2D eigenvalue weighted by Crippen LogP contribution is 2.44. The van der Waals surface area contributed by atoms with Crippen LogP contribution in [0.1, 0.15) is 63.7 Å². The molecule has 6 rings (SSSR count). The number of carbonyl (C=O) groups excluding carboxylic acids is 4. The zero-order chi connectivity index (χ0) is 39.9. The van der Waals surface area contributed by atoms with E-state index in [9.17, 15) is 39.6 Å². The van der Waals surface area contributed by atoms with Crippen molar-refractivity contribution in [2.45, 2.75) is 0 Å². The second-order valence-corrected chi connectivity index (χ2v) is 13.3. The number of fused-ring (bicyclic) bond motifs is 4. The standard InChI is InChI=1S/C40H46N8O8.4ClH/c1-41-11-17-45-21-3-5-23(31-29(21)37(53)33-25(49)7-9-27(51)35(33)39(31)55)47-19-15-43-13-14-44-16-20-48-24-6-4-22(46-18-12-42-2)30-32(24)40(56)36-28(52)10-8-26(50)34(36)38(30)54;;;;/h3-10,41-52H,11-20H2,1-2H3;4*1H. The lowest BCUT2D eigenvalue weighted by Crippen LogP contribution is -2.33. The maximum Gasteiger partial charge on any atom is 0.200 e. The Hall–Kier alpha value is -5.04. The molecule has 12 N–H and O–H groups in total. The van der Waals surface area contributed by atoms with Gasteiger partial charge in [0.25, 0.3) is 0 Å². The number of carbonyl (C=O) groups is 4. The molecule has 0 saturated carbocycles. The highest BCUT2D eigenvalue weighted by Gasteiger charge is 2.39. The van der Waals surface area contributed by atoms with Crippen LogP contribution in [-0.4, -0.2) is 123 Å². The van der Waals surface area contributed by atoms with Crippen molar-refractivity contribution < 1.29 is 39.6 Å². The fraction of sp³-hybridized carbons (Fsp3) is 0.300. The predicted octanol–water partition coefficient (Wildman–Crippen LogP) is 3.71. The van der Waals surface area contributed by atoms with Gasteiger partial charge in [0, 0.05) is 88.2 Å². The summed E-state index contributed by atoms with van der Waals surface area (Å²) < 4.78 is 0. The number of ketones is 4. The van der Waals surface area contributed by atoms with Crippen molar-refractivity contribution in [3.63, 3.8) is 0 Å². The first-order chi connectivity index (χ1) is 27.1. The number of benzene rings is 4. The third-order valence-electron chi connectivity index (χ3n) is 9.64. The van der Waals surface area contributed by atoms with E-state index in [0.29, 0.717) is 88.2 Å². The molecule has 0 spiro atoms. The van der Waals surface area contributed by atoms with Gasteiger partial charge >= 0.3 is 0 Å². The summed E-state index contributed by atoms with van der Waals surface area (Å²) in [6, 6.07) is 11.6. The van der Waals surface area contributed by atoms with E-state index in [0.717, 1.165) is 0 Å². The summed E-state index contributed by atoms with van der Waals surface area (Å²) in [7, 11) is 3.60. The van der Waals surface area contributed by atoms with Crippen molar-refractivity contribution in [3.8, 4) is 23.0 Å². The Morgan fingerprint density at radius 3 is 0.783 bits per heavy atom. The van der Waals surface area contributed by atoms with Gasteiger partial charge in [0.2, 0.25) is 23.1 Å². The quantitative estimate of drug-likeness (QED) is 0.0409. The fourth-order valence-corrected chi connectivity index (χ4v) is 6.96. The van der Waals surface area contributed by atoms with Crippen LogP contribution in [0.25, 0.3) is 0 Å². The number of hydrogen-bond acceptors (Lipinski definition) is 16. The lowest BCUT2D eigenvalue weighted by Gasteiger charge is -2.25. The Labute approximate surface area is 371 Å². The van der Waals surface area contributed by atoms with Crippen LogP contribution in [0.3, 0.4) is 0 Å². The lowest BCUT2D eigenvalue weighted by molar-refractivity contribution is 0.0975. The molecule has 0 aliphatic heterocycles. The third kappa shape index (κ3) is 10.3.